The van der Waals surface area contributed by atoms with Crippen molar-refractivity contribution in [1.29, 1.82) is 0 Å². The predicted molar refractivity (Wildman–Crippen MR) is 114 cm³/mol. The number of nitrogens with zero attached hydrogens (tertiary/aromatic N) is 4. The van der Waals surface area contributed by atoms with E-state index in [1.807, 2.05) is 42.6 Å². The van der Waals surface area contributed by atoms with Crippen LogP contribution in [0.15, 0.2) is 54.7 Å². The smallest absolute Gasteiger partial charge is 0.145 e. The number of fused-ring (bicyclic) bond motifs is 1. The fourth-order valence-electron chi connectivity index (χ4n) is 3.58. The summed E-state index contributed by atoms with van der Waals surface area (Å²) < 4.78 is 5.24. The molecule has 1 fully saturated rings. The molecule has 1 saturated heterocycles. The normalized spacial score (nSPS) is 15.0. The number of nitrogens with one attached hydrogen (secondary N) is 1. The lowest BCUT2D eigenvalue weighted by Gasteiger charge is -2.36. The van der Waals surface area contributed by atoms with Crippen LogP contribution in [0.5, 0.6) is 5.75 Å². The number of methoxy groups -OCH3 is 1. The van der Waals surface area contributed by atoms with Gasteiger partial charge in [0.2, 0.25) is 0 Å². The van der Waals surface area contributed by atoms with E-state index >= 15 is 0 Å². The number of rotatable bonds is 7. The SMILES string of the molecule is COc1ccc(N2CCN(CCCNc3cnc4ccccc4n3)CC2)cc1. The van der Waals surface area contributed by atoms with E-state index in [0.29, 0.717) is 0 Å². The molecule has 0 spiro atoms. The Morgan fingerprint density at radius 1 is 0.964 bits per heavy atom. The van der Waals surface area contributed by atoms with Crippen LogP contribution >= 0.6 is 0 Å². The standard InChI is InChI=1S/C22H27N5O/c1-28-19-9-7-18(8-10-19)27-15-13-26(14-16-27)12-4-11-23-22-17-24-20-5-2-3-6-21(20)25-22/h2-3,5-10,17H,4,11-16H2,1H3,(H,23,25). The molecule has 6 nitrogen and oxygen atoms in total. The molecule has 1 aliphatic heterocycles. The van der Waals surface area contributed by atoms with Gasteiger partial charge in [-0.1, -0.05) is 12.1 Å². The predicted octanol–water partition coefficient (Wildman–Crippen LogP) is 3.26. The number of hydrogen-bond acceptors (Lipinski definition) is 6. The van der Waals surface area contributed by atoms with Crippen molar-refractivity contribution in [3.63, 3.8) is 0 Å². The van der Waals surface area contributed by atoms with Crippen LogP contribution < -0.4 is 15.0 Å². The summed E-state index contributed by atoms with van der Waals surface area (Å²) >= 11 is 0. The maximum Gasteiger partial charge on any atom is 0.145 e. The van der Waals surface area contributed by atoms with Crippen molar-refractivity contribution in [3.05, 3.63) is 54.7 Å². The third kappa shape index (κ3) is 4.51. The molecule has 146 valence electrons. The first-order valence-electron chi connectivity index (χ1n) is 9.89. The van der Waals surface area contributed by atoms with Gasteiger partial charge in [0, 0.05) is 38.4 Å². The summed E-state index contributed by atoms with van der Waals surface area (Å²) in [6.45, 7) is 6.34. The van der Waals surface area contributed by atoms with E-state index in [9.17, 15) is 0 Å². The molecule has 1 aromatic heterocycles. The van der Waals surface area contributed by atoms with Crippen LogP contribution in [0.25, 0.3) is 11.0 Å². The highest BCUT2D eigenvalue weighted by Gasteiger charge is 2.16. The first-order valence-corrected chi connectivity index (χ1v) is 9.89. The molecule has 2 heterocycles. The molecule has 1 aliphatic rings. The molecular formula is C22H27N5O. The zero-order valence-corrected chi connectivity index (χ0v) is 16.3. The molecule has 0 unspecified atom stereocenters. The Kier molecular flexibility index (Phi) is 5.87. The van der Waals surface area contributed by atoms with Gasteiger partial charge >= 0.3 is 0 Å². The number of benzene rings is 2. The summed E-state index contributed by atoms with van der Waals surface area (Å²) in [5.41, 5.74) is 3.14. The zero-order chi connectivity index (χ0) is 19.2. The van der Waals surface area contributed by atoms with Crippen LogP contribution in [0, 0.1) is 0 Å². The second-order valence-corrected chi connectivity index (χ2v) is 7.05. The number of piperazine rings is 1. The van der Waals surface area contributed by atoms with E-state index in [-0.39, 0.29) is 0 Å². The molecule has 6 heteroatoms. The lowest BCUT2D eigenvalue weighted by Crippen LogP contribution is -2.46. The van der Waals surface area contributed by atoms with Crippen LogP contribution in [0.3, 0.4) is 0 Å². The van der Waals surface area contributed by atoms with Crippen molar-refractivity contribution in [2.75, 3.05) is 56.6 Å². The number of ether oxygens (including phenoxy) is 1. The highest BCUT2D eigenvalue weighted by Crippen LogP contribution is 2.20. The number of anilines is 2. The quantitative estimate of drug-likeness (QED) is 0.638. The highest BCUT2D eigenvalue weighted by atomic mass is 16.5. The lowest BCUT2D eigenvalue weighted by molar-refractivity contribution is 0.257. The summed E-state index contributed by atoms with van der Waals surface area (Å²) in [4.78, 5) is 14.0. The van der Waals surface area contributed by atoms with Gasteiger partial charge < -0.3 is 15.0 Å². The van der Waals surface area contributed by atoms with Gasteiger partial charge in [-0.2, -0.15) is 0 Å². The fraction of sp³-hybridized carbons (Fsp3) is 0.364. The number of hydrogen-bond donors (Lipinski definition) is 1. The van der Waals surface area contributed by atoms with Gasteiger partial charge in [-0.3, -0.25) is 9.88 Å². The molecule has 28 heavy (non-hydrogen) atoms. The summed E-state index contributed by atoms with van der Waals surface area (Å²) in [5.74, 6) is 1.76. The molecule has 0 amide bonds. The third-order valence-corrected chi connectivity index (χ3v) is 5.22. The maximum atomic E-state index is 5.24. The number of para-hydroxylation sites is 2. The van der Waals surface area contributed by atoms with Gasteiger partial charge in [0.1, 0.15) is 11.6 Å². The summed E-state index contributed by atoms with van der Waals surface area (Å²) in [6, 6.07) is 16.3. The van der Waals surface area contributed by atoms with E-state index in [1.165, 1.54) is 5.69 Å². The van der Waals surface area contributed by atoms with Gasteiger partial charge in [-0.15, -0.1) is 0 Å². The van der Waals surface area contributed by atoms with Crippen LogP contribution in [-0.4, -0.2) is 61.2 Å². The van der Waals surface area contributed by atoms with E-state index in [0.717, 1.165) is 68.3 Å². The van der Waals surface area contributed by atoms with Gasteiger partial charge in [-0.05, 0) is 49.4 Å². The Hall–Kier alpha value is -2.86. The zero-order valence-electron chi connectivity index (χ0n) is 16.3. The second kappa shape index (κ2) is 8.89. The first-order chi connectivity index (χ1) is 13.8. The minimum Gasteiger partial charge on any atom is -0.497 e. The van der Waals surface area contributed by atoms with E-state index in [4.69, 9.17) is 4.74 Å². The van der Waals surface area contributed by atoms with Gasteiger partial charge in [0.25, 0.3) is 0 Å². The van der Waals surface area contributed by atoms with Gasteiger partial charge in [-0.25, -0.2) is 4.98 Å². The van der Waals surface area contributed by atoms with E-state index in [1.54, 1.807) is 7.11 Å². The summed E-state index contributed by atoms with van der Waals surface area (Å²) in [6.07, 6.45) is 2.91. The Bertz CT molecular complexity index is 891. The second-order valence-electron chi connectivity index (χ2n) is 7.05. The summed E-state index contributed by atoms with van der Waals surface area (Å²) in [7, 11) is 1.70. The Morgan fingerprint density at radius 2 is 1.71 bits per heavy atom. The molecule has 4 rings (SSSR count). The van der Waals surface area contributed by atoms with Crippen molar-refractivity contribution in [1.82, 2.24) is 14.9 Å². The first kappa shape index (κ1) is 18.5. The van der Waals surface area contributed by atoms with Gasteiger partial charge in [0.05, 0.1) is 24.3 Å². The van der Waals surface area contributed by atoms with Crippen molar-refractivity contribution < 1.29 is 4.74 Å². The monoisotopic (exact) mass is 377 g/mol. The van der Waals surface area contributed by atoms with Crippen LogP contribution in [0.4, 0.5) is 11.5 Å². The molecule has 0 saturated carbocycles. The largest absolute Gasteiger partial charge is 0.497 e. The average molecular weight is 377 g/mol. The van der Waals surface area contributed by atoms with Crippen LogP contribution in [0.2, 0.25) is 0 Å². The Labute approximate surface area is 166 Å². The topological polar surface area (TPSA) is 53.5 Å². The molecule has 0 atom stereocenters. The van der Waals surface area contributed by atoms with E-state index in [2.05, 4.69) is 37.2 Å². The van der Waals surface area contributed by atoms with Gasteiger partial charge in [0.15, 0.2) is 0 Å². The van der Waals surface area contributed by atoms with Crippen LogP contribution in [-0.2, 0) is 0 Å². The molecule has 1 N–H and O–H groups in total. The molecule has 0 bridgehead atoms. The molecule has 2 aromatic carbocycles. The molecular weight excluding hydrogens is 350 g/mol. The Morgan fingerprint density at radius 3 is 2.46 bits per heavy atom. The van der Waals surface area contributed by atoms with E-state index < -0.39 is 0 Å². The third-order valence-electron chi connectivity index (χ3n) is 5.22. The minimum absolute atomic E-state index is 0.850. The Balaban J connectivity index is 1.19. The molecule has 3 aromatic rings. The number of aromatic nitrogens is 2. The fourth-order valence-corrected chi connectivity index (χ4v) is 3.58. The summed E-state index contributed by atoms with van der Waals surface area (Å²) in [5, 5.41) is 3.40. The average Bonchev–Trinajstić information content (AvgIpc) is 2.77. The van der Waals surface area contributed by atoms with Crippen LogP contribution in [0.1, 0.15) is 6.42 Å². The van der Waals surface area contributed by atoms with Crippen molar-refractivity contribution in [3.8, 4) is 5.75 Å². The van der Waals surface area contributed by atoms with Crippen molar-refractivity contribution >= 4 is 22.5 Å². The highest BCUT2D eigenvalue weighted by molar-refractivity contribution is 5.75. The lowest BCUT2D eigenvalue weighted by atomic mass is 10.2. The van der Waals surface area contributed by atoms with Crippen molar-refractivity contribution in [2.24, 2.45) is 0 Å². The maximum absolute atomic E-state index is 5.24. The van der Waals surface area contributed by atoms with Crippen molar-refractivity contribution in [2.45, 2.75) is 6.42 Å². The molecule has 0 aliphatic carbocycles. The molecule has 0 radical (unpaired) electrons. The minimum atomic E-state index is 0.850.